The van der Waals surface area contributed by atoms with Crippen LogP contribution in [-0.2, 0) is 6.18 Å². The third-order valence-electron chi connectivity index (χ3n) is 4.76. The quantitative estimate of drug-likeness (QED) is 0.850. The van der Waals surface area contributed by atoms with Crippen LogP contribution in [0.1, 0.15) is 30.8 Å². The van der Waals surface area contributed by atoms with Gasteiger partial charge in [-0.2, -0.15) is 18.4 Å². The van der Waals surface area contributed by atoms with E-state index in [0.717, 1.165) is 0 Å². The number of aryl methyl sites for hydroxylation is 1. The Labute approximate surface area is 154 Å². The Morgan fingerprint density at radius 3 is 2.35 bits per heavy atom. The molecule has 5 nitrogen and oxygen atoms in total. The zero-order chi connectivity index (χ0) is 19.2. The normalized spacial score (nSPS) is 16.5. The average molecular weight is 386 g/mol. The number of rotatable bonds is 2. The number of nitriles is 1. The number of alkyl halides is 3. The number of aromatic amines is 1. The molecular weight excluding hydrogens is 367 g/mol. The highest BCUT2D eigenvalue weighted by Crippen LogP contribution is 2.41. The maximum Gasteiger partial charge on any atom is 0.434 e. The van der Waals surface area contributed by atoms with E-state index >= 15 is 0 Å². The van der Waals surface area contributed by atoms with Gasteiger partial charge in [0, 0.05) is 37.9 Å². The van der Waals surface area contributed by atoms with Crippen molar-refractivity contribution < 1.29 is 13.2 Å². The van der Waals surface area contributed by atoms with Gasteiger partial charge in [0.05, 0.1) is 16.2 Å². The second kappa shape index (κ2) is 6.63. The molecule has 1 N–H and O–H groups in total. The Kier molecular flexibility index (Phi) is 4.80. The Balaban J connectivity index is 2.20. The van der Waals surface area contributed by atoms with Crippen LogP contribution in [0.5, 0.6) is 0 Å². The topological polar surface area (TPSA) is 59.0 Å². The number of halogens is 4. The molecule has 1 saturated heterocycles. The van der Waals surface area contributed by atoms with Crippen molar-refractivity contribution in [3.8, 4) is 6.07 Å². The fourth-order valence-corrected chi connectivity index (χ4v) is 3.54. The molecular formula is C17H19ClF3N5. The predicted molar refractivity (Wildman–Crippen MR) is 94.5 cm³/mol. The molecule has 3 rings (SSSR count). The highest BCUT2D eigenvalue weighted by Gasteiger charge is 2.39. The molecule has 1 fully saturated rings. The van der Waals surface area contributed by atoms with E-state index in [1.54, 1.807) is 13.0 Å². The number of nitrogens with one attached hydrogen (secondary N) is 1. The van der Waals surface area contributed by atoms with Crippen LogP contribution < -0.4 is 4.90 Å². The molecule has 1 aliphatic rings. The van der Waals surface area contributed by atoms with Crippen molar-refractivity contribution in [3.63, 3.8) is 0 Å². The highest BCUT2D eigenvalue weighted by atomic mass is 35.5. The summed E-state index contributed by atoms with van der Waals surface area (Å²) < 4.78 is 40.6. The summed E-state index contributed by atoms with van der Waals surface area (Å²) in [4.78, 5) is 10.8. The lowest BCUT2D eigenvalue weighted by Crippen LogP contribution is -2.49. The summed E-state index contributed by atoms with van der Waals surface area (Å²) >= 11 is 6.16. The van der Waals surface area contributed by atoms with Crippen molar-refractivity contribution in [1.29, 1.82) is 5.26 Å². The summed E-state index contributed by atoms with van der Waals surface area (Å²) in [7, 11) is 0. The molecule has 0 unspecified atom stereocenters. The van der Waals surface area contributed by atoms with Crippen molar-refractivity contribution in [2.45, 2.75) is 33.0 Å². The molecule has 0 saturated carbocycles. The first-order valence-electron chi connectivity index (χ1n) is 8.33. The minimum absolute atomic E-state index is 0.0526. The van der Waals surface area contributed by atoms with Crippen molar-refractivity contribution in [2.75, 3.05) is 31.1 Å². The highest BCUT2D eigenvalue weighted by molar-refractivity contribution is 6.36. The van der Waals surface area contributed by atoms with Crippen LogP contribution in [0, 0.1) is 18.3 Å². The van der Waals surface area contributed by atoms with Gasteiger partial charge in [0.2, 0.25) is 0 Å². The Bertz CT molecular complexity index is 873. The number of hydrogen-bond donors (Lipinski definition) is 1. The Morgan fingerprint density at radius 1 is 1.23 bits per heavy atom. The number of hydrogen-bond acceptors (Lipinski definition) is 4. The predicted octanol–water partition coefficient (Wildman–Crippen LogP) is 3.95. The average Bonchev–Trinajstić information content (AvgIpc) is 2.87. The van der Waals surface area contributed by atoms with Gasteiger partial charge in [0.25, 0.3) is 0 Å². The van der Waals surface area contributed by atoms with Crippen LogP contribution in [0.2, 0.25) is 5.02 Å². The zero-order valence-electron chi connectivity index (χ0n) is 14.7. The molecule has 0 spiro atoms. The molecule has 140 valence electrons. The largest absolute Gasteiger partial charge is 0.434 e. The molecule has 2 aromatic heterocycles. The number of nitrogens with zero attached hydrogens (tertiary/aromatic N) is 4. The van der Waals surface area contributed by atoms with Gasteiger partial charge in [-0.05, 0) is 20.8 Å². The van der Waals surface area contributed by atoms with E-state index in [-0.39, 0.29) is 16.2 Å². The lowest BCUT2D eigenvalue weighted by molar-refractivity contribution is -0.141. The fourth-order valence-electron chi connectivity index (χ4n) is 3.36. The number of pyridine rings is 1. The van der Waals surface area contributed by atoms with Gasteiger partial charge < -0.3 is 9.88 Å². The molecule has 9 heteroatoms. The van der Waals surface area contributed by atoms with E-state index in [2.05, 4.69) is 28.7 Å². The van der Waals surface area contributed by atoms with E-state index in [4.69, 9.17) is 11.6 Å². The fraction of sp³-hybridized carbons (Fsp3) is 0.529. The summed E-state index contributed by atoms with van der Waals surface area (Å²) in [5.74, 6) is 0. The van der Waals surface area contributed by atoms with E-state index in [1.165, 1.54) is 0 Å². The number of anilines is 1. The van der Waals surface area contributed by atoms with Crippen molar-refractivity contribution in [2.24, 2.45) is 0 Å². The zero-order valence-corrected chi connectivity index (χ0v) is 15.5. The second-order valence-electron chi connectivity index (χ2n) is 6.70. The number of aromatic nitrogens is 2. The number of piperazine rings is 1. The summed E-state index contributed by atoms with van der Waals surface area (Å²) in [6, 6.07) is 2.08. The van der Waals surface area contributed by atoms with Gasteiger partial charge in [-0.1, -0.05) is 11.6 Å². The monoisotopic (exact) mass is 385 g/mol. The molecule has 1 aliphatic heterocycles. The first-order chi connectivity index (χ1) is 12.1. The lowest BCUT2D eigenvalue weighted by atomic mass is 10.1. The van der Waals surface area contributed by atoms with Crippen molar-refractivity contribution >= 4 is 28.3 Å². The molecule has 0 bridgehead atoms. The SMILES string of the molecule is Cc1[nH]c2c(N3CCN(C(C)C)CC3)c(C#N)c(C(F)(F)F)nc2c1Cl. The van der Waals surface area contributed by atoms with Crippen molar-refractivity contribution in [3.05, 3.63) is 22.0 Å². The van der Waals surface area contributed by atoms with E-state index < -0.39 is 17.4 Å². The molecule has 0 atom stereocenters. The molecule has 0 aromatic carbocycles. The van der Waals surface area contributed by atoms with Gasteiger partial charge in [-0.15, -0.1) is 0 Å². The van der Waals surface area contributed by atoms with Gasteiger partial charge in [0.1, 0.15) is 17.1 Å². The first kappa shape index (κ1) is 18.8. The Hall–Kier alpha value is -1.98. The molecule has 26 heavy (non-hydrogen) atoms. The maximum absolute atomic E-state index is 13.5. The summed E-state index contributed by atoms with van der Waals surface area (Å²) in [6.45, 7) is 8.30. The van der Waals surface area contributed by atoms with E-state index in [9.17, 15) is 18.4 Å². The van der Waals surface area contributed by atoms with Crippen LogP contribution in [0.3, 0.4) is 0 Å². The van der Waals surface area contributed by atoms with Crippen LogP contribution in [0.15, 0.2) is 0 Å². The van der Waals surface area contributed by atoms with Crippen LogP contribution in [0.4, 0.5) is 18.9 Å². The van der Waals surface area contributed by atoms with Crippen LogP contribution in [0.25, 0.3) is 11.0 Å². The second-order valence-corrected chi connectivity index (χ2v) is 7.08. The smallest absolute Gasteiger partial charge is 0.366 e. The van der Waals surface area contributed by atoms with Crippen LogP contribution in [-0.4, -0.2) is 47.1 Å². The third-order valence-corrected chi connectivity index (χ3v) is 5.22. The molecule has 0 aliphatic carbocycles. The first-order valence-corrected chi connectivity index (χ1v) is 8.71. The minimum Gasteiger partial charge on any atom is -0.366 e. The molecule has 2 aromatic rings. The Morgan fingerprint density at radius 2 is 1.85 bits per heavy atom. The minimum atomic E-state index is -4.73. The summed E-state index contributed by atoms with van der Waals surface area (Å²) in [5.41, 5.74) is -0.440. The van der Waals surface area contributed by atoms with Crippen LogP contribution >= 0.6 is 11.6 Å². The van der Waals surface area contributed by atoms with Gasteiger partial charge >= 0.3 is 6.18 Å². The lowest BCUT2D eigenvalue weighted by Gasteiger charge is -2.38. The molecule has 3 heterocycles. The maximum atomic E-state index is 13.5. The molecule has 0 radical (unpaired) electrons. The van der Waals surface area contributed by atoms with Gasteiger partial charge in [-0.3, -0.25) is 4.90 Å². The van der Waals surface area contributed by atoms with E-state index in [1.807, 2.05) is 4.90 Å². The summed E-state index contributed by atoms with van der Waals surface area (Å²) in [6.07, 6.45) is -4.73. The number of fused-ring (bicyclic) bond motifs is 1. The third kappa shape index (κ3) is 3.10. The molecule has 0 amide bonds. The van der Waals surface area contributed by atoms with Crippen molar-refractivity contribution in [1.82, 2.24) is 14.9 Å². The van der Waals surface area contributed by atoms with E-state index in [0.29, 0.717) is 43.4 Å². The van der Waals surface area contributed by atoms with Gasteiger partial charge in [-0.25, -0.2) is 4.98 Å². The summed E-state index contributed by atoms with van der Waals surface area (Å²) in [5, 5.41) is 9.65. The number of H-pyrrole nitrogens is 1. The van der Waals surface area contributed by atoms with Gasteiger partial charge in [0.15, 0.2) is 5.69 Å². The standard InChI is InChI=1S/C17H19ClF3N5/c1-9(2)25-4-6-26(7-5-25)15-11(8-22)16(17(19,20)21)24-13-12(18)10(3)23-14(13)15/h9,23H,4-7H2,1-3H3.